The van der Waals surface area contributed by atoms with E-state index < -0.39 is 12.0 Å². The first-order valence-electron chi connectivity index (χ1n) is 4.65. The Balaban J connectivity index is 3.06. The maximum atomic E-state index is 11.5. The molecular weight excluding hydrogens is 274 g/mol. The molecule has 4 nitrogen and oxygen atoms in total. The Morgan fingerprint density at radius 3 is 2.50 bits per heavy atom. The van der Waals surface area contributed by atoms with Gasteiger partial charge < -0.3 is 10.1 Å². The van der Waals surface area contributed by atoms with Gasteiger partial charge >= 0.3 is 5.97 Å². The Morgan fingerprint density at radius 1 is 1.38 bits per heavy atom. The molecule has 0 aromatic heterocycles. The van der Waals surface area contributed by atoms with Gasteiger partial charge in [0.05, 0.1) is 7.11 Å². The number of nitrogens with one attached hydrogen (secondary N) is 1. The van der Waals surface area contributed by atoms with Crippen LogP contribution in [0.1, 0.15) is 18.5 Å². The van der Waals surface area contributed by atoms with Crippen LogP contribution in [0, 0.1) is 0 Å². The second-order valence-corrected chi connectivity index (χ2v) is 4.03. The van der Waals surface area contributed by atoms with E-state index in [9.17, 15) is 9.59 Å². The van der Waals surface area contributed by atoms with Crippen LogP contribution in [0.5, 0.6) is 0 Å². The topological polar surface area (TPSA) is 55.4 Å². The van der Waals surface area contributed by atoms with Gasteiger partial charge in [0.1, 0.15) is 0 Å². The van der Waals surface area contributed by atoms with Gasteiger partial charge in [0.25, 0.3) is 0 Å². The molecule has 1 atom stereocenters. The van der Waals surface area contributed by atoms with E-state index in [1.165, 1.54) is 14.0 Å². The van der Waals surface area contributed by atoms with Crippen molar-refractivity contribution >= 4 is 27.8 Å². The smallest absolute Gasteiger partial charge is 0.333 e. The van der Waals surface area contributed by atoms with Crippen molar-refractivity contribution in [1.82, 2.24) is 5.32 Å². The number of methoxy groups -OCH3 is 1. The molecule has 0 saturated heterocycles. The van der Waals surface area contributed by atoms with E-state index >= 15 is 0 Å². The predicted molar refractivity (Wildman–Crippen MR) is 62.7 cm³/mol. The van der Waals surface area contributed by atoms with Gasteiger partial charge in [-0.2, -0.15) is 0 Å². The molecule has 0 bridgehead atoms. The number of amides is 1. The number of carbonyl (C=O) groups is 2. The van der Waals surface area contributed by atoms with Crippen LogP contribution in [0.15, 0.2) is 28.7 Å². The standard InChI is InChI=1S/C11H12BrNO3/c1-7(14)13-10(11(15)16-2)8-5-3-4-6-9(8)12/h3-6,10H,1-2H3,(H,13,14). The minimum Gasteiger partial charge on any atom is -0.467 e. The maximum absolute atomic E-state index is 11.5. The summed E-state index contributed by atoms with van der Waals surface area (Å²) < 4.78 is 5.40. The molecular formula is C11H12BrNO3. The average Bonchev–Trinajstić information content (AvgIpc) is 2.26. The van der Waals surface area contributed by atoms with E-state index in [0.717, 1.165) is 4.47 Å². The van der Waals surface area contributed by atoms with Gasteiger partial charge in [-0.25, -0.2) is 4.79 Å². The SMILES string of the molecule is COC(=O)C(NC(C)=O)c1ccccc1Br. The van der Waals surface area contributed by atoms with Crippen LogP contribution < -0.4 is 5.32 Å². The normalized spacial score (nSPS) is 11.7. The molecule has 0 aliphatic rings. The van der Waals surface area contributed by atoms with E-state index in [2.05, 4.69) is 26.0 Å². The number of ether oxygens (including phenoxy) is 1. The Labute approximate surface area is 102 Å². The molecule has 5 heteroatoms. The molecule has 1 unspecified atom stereocenters. The Kier molecular flexibility index (Phi) is 4.49. The number of hydrogen-bond acceptors (Lipinski definition) is 3. The van der Waals surface area contributed by atoms with Gasteiger partial charge in [0.15, 0.2) is 6.04 Å². The van der Waals surface area contributed by atoms with E-state index in [0.29, 0.717) is 5.56 Å². The monoisotopic (exact) mass is 285 g/mol. The van der Waals surface area contributed by atoms with Gasteiger partial charge in [-0.05, 0) is 11.6 Å². The van der Waals surface area contributed by atoms with Crippen LogP contribution in [0.25, 0.3) is 0 Å². The highest BCUT2D eigenvalue weighted by Gasteiger charge is 2.23. The number of carbonyl (C=O) groups excluding carboxylic acids is 2. The van der Waals surface area contributed by atoms with Crippen LogP contribution >= 0.6 is 15.9 Å². The van der Waals surface area contributed by atoms with Gasteiger partial charge in [-0.15, -0.1) is 0 Å². The lowest BCUT2D eigenvalue weighted by Gasteiger charge is -2.16. The van der Waals surface area contributed by atoms with Gasteiger partial charge in [0, 0.05) is 11.4 Å². The molecule has 16 heavy (non-hydrogen) atoms. The third-order valence-corrected chi connectivity index (χ3v) is 2.72. The summed E-state index contributed by atoms with van der Waals surface area (Å²) in [4.78, 5) is 22.6. The molecule has 86 valence electrons. The molecule has 0 heterocycles. The molecule has 0 saturated carbocycles. The fraction of sp³-hybridized carbons (Fsp3) is 0.273. The maximum Gasteiger partial charge on any atom is 0.333 e. The summed E-state index contributed by atoms with van der Waals surface area (Å²) in [5, 5.41) is 2.54. The second-order valence-electron chi connectivity index (χ2n) is 3.18. The lowest BCUT2D eigenvalue weighted by atomic mass is 10.1. The van der Waals surface area contributed by atoms with Crippen LogP contribution in [0.2, 0.25) is 0 Å². The fourth-order valence-corrected chi connectivity index (χ4v) is 1.81. The summed E-state index contributed by atoms with van der Waals surface area (Å²) in [5.41, 5.74) is 0.671. The zero-order valence-electron chi connectivity index (χ0n) is 8.99. The number of hydrogen-bond donors (Lipinski definition) is 1. The minimum atomic E-state index is -0.780. The Bertz CT molecular complexity index is 406. The third kappa shape index (κ3) is 3.06. The first-order chi connectivity index (χ1) is 7.56. The Morgan fingerprint density at radius 2 is 2.00 bits per heavy atom. The molecule has 1 N–H and O–H groups in total. The molecule has 1 rings (SSSR count). The first-order valence-corrected chi connectivity index (χ1v) is 5.45. The van der Waals surface area contributed by atoms with Crippen LogP contribution in [-0.4, -0.2) is 19.0 Å². The minimum absolute atomic E-state index is 0.286. The van der Waals surface area contributed by atoms with Crippen LogP contribution in [0.4, 0.5) is 0 Å². The number of benzene rings is 1. The Hall–Kier alpha value is -1.36. The zero-order chi connectivity index (χ0) is 12.1. The van der Waals surface area contributed by atoms with Gasteiger partial charge in [-0.3, -0.25) is 4.79 Å². The first kappa shape index (κ1) is 12.7. The lowest BCUT2D eigenvalue weighted by molar-refractivity contribution is -0.145. The highest BCUT2D eigenvalue weighted by molar-refractivity contribution is 9.10. The van der Waals surface area contributed by atoms with Crippen molar-refractivity contribution in [3.63, 3.8) is 0 Å². The summed E-state index contributed by atoms with van der Waals surface area (Å²) in [7, 11) is 1.29. The van der Waals surface area contributed by atoms with E-state index in [4.69, 9.17) is 0 Å². The number of rotatable bonds is 3. The second kappa shape index (κ2) is 5.65. The quantitative estimate of drug-likeness (QED) is 0.862. The van der Waals surface area contributed by atoms with Crippen molar-refractivity contribution < 1.29 is 14.3 Å². The van der Waals surface area contributed by atoms with Crippen molar-refractivity contribution in [2.45, 2.75) is 13.0 Å². The van der Waals surface area contributed by atoms with E-state index in [1.807, 2.05) is 6.07 Å². The van der Waals surface area contributed by atoms with Crippen molar-refractivity contribution in [1.29, 1.82) is 0 Å². The zero-order valence-corrected chi connectivity index (χ0v) is 10.6. The summed E-state index contributed by atoms with van der Waals surface area (Å²) in [6.07, 6.45) is 0. The van der Waals surface area contributed by atoms with Gasteiger partial charge in [-0.1, -0.05) is 34.1 Å². The van der Waals surface area contributed by atoms with Crippen molar-refractivity contribution in [3.05, 3.63) is 34.3 Å². The average molecular weight is 286 g/mol. The molecule has 1 aromatic carbocycles. The highest BCUT2D eigenvalue weighted by atomic mass is 79.9. The molecule has 1 aromatic rings. The van der Waals surface area contributed by atoms with E-state index in [1.54, 1.807) is 18.2 Å². The van der Waals surface area contributed by atoms with Crippen molar-refractivity contribution in [3.8, 4) is 0 Å². The molecule has 1 amide bonds. The highest BCUT2D eigenvalue weighted by Crippen LogP contribution is 2.23. The molecule has 0 spiro atoms. The van der Waals surface area contributed by atoms with Gasteiger partial charge in [0.2, 0.25) is 5.91 Å². The molecule has 0 fully saturated rings. The summed E-state index contributed by atoms with van der Waals surface area (Å²) in [5.74, 6) is -0.784. The summed E-state index contributed by atoms with van der Waals surface area (Å²) in [6, 6.07) is 6.39. The fourth-order valence-electron chi connectivity index (χ4n) is 1.29. The molecule has 0 radical (unpaired) electrons. The summed E-state index contributed by atoms with van der Waals surface area (Å²) in [6.45, 7) is 1.35. The third-order valence-electron chi connectivity index (χ3n) is 2.00. The van der Waals surface area contributed by atoms with E-state index in [-0.39, 0.29) is 5.91 Å². The summed E-state index contributed by atoms with van der Waals surface area (Å²) >= 11 is 3.33. The number of esters is 1. The lowest BCUT2D eigenvalue weighted by Crippen LogP contribution is -2.33. The van der Waals surface area contributed by atoms with Crippen molar-refractivity contribution in [2.75, 3.05) is 7.11 Å². The number of halogens is 1. The van der Waals surface area contributed by atoms with Crippen LogP contribution in [0.3, 0.4) is 0 Å². The molecule has 0 aliphatic carbocycles. The van der Waals surface area contributed by atoms with Crippen molar-refractivity contribution in [2.24, 2.45) is 0 Å². The largest absolute Gasteiger partial charge is 0.467 e. The molecule has 0 aliphatic heterocycles. The van der Waals surface area contributed by atoms with Crippen LogP contribution in [-0.2, 0) is 14.3 Å². The predicted octanol–water partition coefficient (Wildman–Crippen LogP) is 1.80.